The molecule has 2 N–H and O–H groups in total. The van der Waals surface area contributed by atoms with Gasteiger partial charge in [-0.25, -0.2) is 8.42 Å². The van der Waals surface area contributed by atoms with Crippen LogP contribution in [-0.4, -0.2) is 29.1 Å². The van der Waals surface area contributed by atoms with Gasteiger partial charge in [0, 0.05) is 30.4 Å². The van der Waals surface area contributed by atoms with Crippen molar-refractivity contribution in [2.24, 2.45) is 7.05 Å². The van der Waals surface area contributed by atoms with E-state index in [2.05, 4.69) is 20.2 Å². The Kier molecular flexibility index (Phi) is 4.15. The van der Waals surface area contributed by atoms with Crippen molar-refractivity contribution in [2.45, 2.75) is 17.7 Å². The number of aryl methyl sites for hydroxylation is 2. The van der Waals surface area contributed by atoms with Gasteiger partial charge in [0.2, 0.25) is 5.91 Å². The summed E-state index contributed by atoms with van der Waals surface area (Å²) in [6.45, 7) is 0. The van der Waals surface area contributed by atoms with Gasteiger partial charge in [-0.15, -0.1) is 10.2 Å². The summed E-state index contributed by atoms with van der Waals surface area (Å²) < 4.78 is 29.8. The van der Waals surface area contributed by atoms with Crippen LogP contribution in [0.2, 0.25) is 0 Å². The minimum atomic E-state index is -3.73. The van der Waals surface area contributed by atoms with Crippen LogP contribution in [0.4, 0.5) is 11.4 Å². The highest BCUT2D eigenvalue weighted by Crippen LogP contribution is 2.27. The van der Waals surface area contributed by atoms with Gasteiger partial charge < -0.3 is 9.88 Å². The summed E-state index contributed by atoms with van der Waals surface area (Å²) >= 11 is 0. The number of aromatic nitrogens is 3. The van der Waals surface area contributed by atoms with Gasteiger partial charge in [0.15, 0.2) is 5.82 Å². The van der Waals surface area contributed by atoms with Gasteiger partial charge in [-0.05, 0) is 54.4 Å². The van der Waals surface area contributed by atoms with Crippen LogP contribution < -0.4 is 10.0 Å². The van der Waals surface area contributed by atoms with Gasteiger partial charge in [-0.1, -0.05) is 0 Å². The first-order valence-electron chi connectivity index (χ1n) is 8.32. The average molecular weight is 383 g/mol. The predicted octanol–water partition coefficient (Wildman–Crippen LogP) is 2.17. The zero-order chi connectivity index (χ0) is 19.0. The molecule has 4 rings (SSSR count). The Hall–Kier alpha value is -3.20. The molecule has 8 nitrogen and oxygen atoms in total. The van der Waals surface area contributed by atoms with Crippen molar-refractivity contribution < 1.29 is 13.2 Å². The Morgan fingerprint density at radius 1 is 1.11 bits per heavy atom. The molecule has 0 spiro atoms. The minimum Gasteiger partial charge on any atom is -0.326 e. The predicted molar refractivity (Wildman–Crippen MR) is 101 cm³/mol. The molecule has 9 heteroatoms. The van der Waals surface area contributed by atoms with Gasteiger partial charge in [-0.3, -0.25) is 9.52 Å². The van der Waals surface area contributed by atoms with E-state index in [0.29, 0.717) is 30.0 Å². The van der Waals surface area contributed by atoms with Crippen molar-refractivity contribution >= 4 is 27.3 Å². The van der Waals surface area contributed by atoms with Gasteiger partial charge >= 0.3 is 0 Å². The van der Waals surface area contributed by atoms with Crippen LogP contribution in [0.15, 0.2) is 53.7 Å². The lowest BCUT2D eigenvalue weighted by atomic mass is 10.0. The maximum absolute atomic E-state index is 12.7. The molecule has 0 saturated heterocycles. The van der Waals surface area contributed by atoms with Crippen LogP contribution in [0.1, 0.15) is 12.0 Å². The monoisotopic (exact) mass is 383 g/mol. The van der Waals surface area contributed by atoms with Crippen LogP contribution in [0, 0.1) is 0 Å². The maximum atomic E-state index is 12.7. The third kappa shape index (κ3) is 3.41. The number of anilines is 2. The van der Waals surface area contributed by atoms with Crippen LogP contribution in [0.5, 0.6) is 0 Å². The quantitative estimate of drug-likeness (QED) is 0.718. The van der Waals surface area contributed by atoms with Crippen LogP contribution in [0.3, 0.4) is 0 Å². The van der Waals surface area contributed by atoms with Gasteiger partial charge in [-0.2, -0.15) is 0 Å². The van der Waals surface area contributed by atoms with E-state index in [0.717, 1.165) is 11.1 Å². The Morgan fingerprint density at radius 3 is 2.59 bits per heavy atom. The minimum absolute atomic E-state index is 0.0563. The fourth-order valence-electron chi connectivity index (χ4n) is 2.97. The number of rotatable bonds is 4. The summed E-state index contributed by atoms with van der Waals surface area (Å²) in [5.74, 6) is 0.639. The van der Waals surface area contributed by atoms with Crippen molar-refractivity contribution in [3.05, 3.63) is 54.4 Å². The zero-order valence-electron chi connectivity index (χ0n) is 14.5. The second-order valence-corrected chi connectivity index (χ2v) is 8.00. The summed E-state index contributed by atoms with van der Waals surface area (Å²) in [4.78, 5) is 11.6. The molecule has 0 fully saturated rings. The van der Waals surface area contributed by atoms with Gasteiger partial charge in [0.25, 0.3) is 10.0 Å². The van der Waals surface area contributed by atoms with Crippen molar-refractivity contribution in [1.29, 1.82) is 0 Å². The molecule has 0 radical (unpaired) electrons. The summed E-state index contributed by atoms with van der Waals surface area (Å²) in [5.41, 5.74) is 2.77. The first-order chi connectivity index (χ1) is 12.9. The normalized spacial score (nSPS) is 13.7. The Labute approximate surface area is 156 Å². The summed E-state index contributed by atoms with van der Waals surface area (Å²) in [6.07, 6.45) is 2.48. The third-order valence-electron chi connectivity index (χ3n) is 4.39. The number of sulfonamides is 1. The molecule has 2 heterocycles. The van der Waals surface area contributed by atoms with Crippen LogP contribution in [0.25, 0.3) is 11.4 Å². The molecule has 27 heavy (non-hydrogen) atoms. The molecule has 138 valence electrons. The lowest BCUT2D eigenvalue weighted by Crippen LogP contribution is -2.20. The zero-order valence-corrected chi connectivity index (χ0v) is 15.3. The molecular formula is C18H17N5O3S. The molecule has 0 aliphatic carbocycles. The molecule has 1 amide bonds. The second kappa shape index (κ2) is 6.51. The first kappa shape index (κ1) is 17.2. The average Bonchev–Trinajstić information content (AvgIpc) is 3.07. The number of benzene rings is 2. The number of carbonyl (C=O) groups excluding carboxylic acids is 1. The van der Waals surface area contributed by atoms with Crippen molar-refractivity contribution in [3.8, 4) is 11.4 Å². The molecule has 0 bridgehead atoms. The Balaban J connectivity index is 1.57. The van der Waals surface area contributed by atoms with E-state index < -0.39 is 10.0 Å². The van der Waals surface area contributed by atoms with E-state index in [4.69, 9.17) is 0 Å². The highest BCUT2D eigenvalue weighted by atomic mass is 32.2. The van der Waals surface area contributed by atoms with Crippen molar-refractivity contribution in [3.63, 3.8) is 0 Å². The van der Waals surface area contributed by atoms with E-state index >= 15 is 0 Å². The standard InChI is InChI=1S/C18H17N5O3S/c1-23-11-19-21-18(23)12-2-5-14(6-3-12)22-27(25,26)15-7-8-16-13(10-15)4-9-17(24)20-16/h2-3,5-8,10-11,22H,4,9H2,1H3,(H,20,24). The highest BCUT2D eigenvalue weighted by molar-refractivity contribution is 7.92. The second-order valence-electron chi connectivity index (χ2n) is 6.32. The topological polar surface area (TPSA) is 106 Å². The number of hydrogen-bond donors (Lipinski definition) is 2. The van der Waals surface area contributed by atoms with Crippen LogP contribution in [-0.2, 0) is 28.3 Å². The summed E-state index contributed by atoms with van der Waals surface area (Å²) in [6, 6.07) is 11.6. The Morgan fingerprint density at radius 2 is 1.89 bits per heavy atom. The number of fused-ring (bicyclic) bond motifs is 1. The molecule has 3 aromatic rings. The van der Waals surface area contributed by atoms with Crippen molar-refractivity contribution in [1.82, 2.24) is 14.8 Å². The van der Waals surface area contributed by atoms with E-state index in [1.54, 1.807) is 47.3 Å². The Bertz CT molecular complexity index is 1120. The fraction of sp³-hybridized carbons (Fsp3) is 0.167. The molecule has 0 unspecified atom stereocenters. The van der Waals surface area contributed by atoms with Gasteiger partial charge in [0.05, 0.1) is 4.90 Å². The molecule has 2 aromatic carbocycles. The number of nitrogens with zero attached hydrogens (tertiary/aromatic N) is 3. The first-order valence-corrected chi connectivity index (χ1v) is 9.81. The summed E-state index contributed by atoms with van der Waals surface area (Å²) in [5, 5.41) is 10.6. The largest absolute Gasteiger partial charge is 0.326 e. The molecule has 1 aliphatic rings. The molecule has 1 aromatic heterocycles. The number of amides is 1. The number of hydrogen-bond acceptors (Lipinski definition) is 5. The van der Waals surface area contributed by atoms with E-state index in [1.807, 2.05) is 7.05 Å². The van der Waals surface area contributed by atoms with Crippen molar-refractivity contribution in [2.75, 3.05) is 10.0 Å². The molecule has 0 atom stereocenters. The fourth-order valence-corrected chi connectivity index (χ4v) is 4.08. The summed E-state index contributed by atoms with van der Waals surface area (Å²) in [7, 11) is -1.89. The van der Waals surface area contributed by atoms with E-state index in [9.17, 15) is 13.2 Å². The van der Waals surface area contributed by atoms with E-state index in [1.165, 1.54) is 6.07 Å². The lowest BCUT2D eigenvalue weighted by Gasteiger charge is -2.18. The van der Waals surface area contributed by atoms with E-state index in [-0.39, 0.29) is 10.8 Å². The van der Waals surface area contributed by atoms with Gasteiger partial charge in [0.1, 0.15) is 6.33 Å². The molecular weight excluding hydrogens is 366 g/mol. The smallest absolute Gasteiger partial charge is 0.261 e. The number of carbonyl (C=O) groups is 1. The molecule has 0 saturated carbocycles. The van der Waals surface area contributed by atoms with Crippen LogP contribution >= 0.6 is 0 Å². The highest BCUT2D eigenvalue weighted by Gasteiger charge is 2.20. The SMILES string of the molecule is Cn1cnnc1-c1ccc(NS(=O)(=O)c2ccc3c(c2)CCC(=O)N3)cc1. The lowest BCUT2D eigenvalue weighted by molar-refractivity contribution is -0.116. The molecule has 1 aliphatic heterocycles. The number of nitrogens with one attached hydrogen (secondary N) is 2. The maximum Gasteiger partial charge on any atom is 0.261 e. The third-order valence-corrected chi connectivity index (χ3v) is 5.77.